The number of fused-ring (bicyclic) bond motifs is 8. The Labute approximate surface area is 340 Å². The van der Waals surface area contributed by atoms with Crippen molar-refractivity contribution >= 4 is 79.8 Å². The molecular formula is C54H41BN2O. The molecule has 0 amide bonds. The zero-order valence-electron chi connectivity index (χ0n) is 32.7. The van der Waals surface area contributed by atoms with Crippen molar-refractivity contribution in [1.82, 2.24) is 0 Å². The van der Waals surface area contributed by atoms with Crippen LogP contribution in [-0.4, -0.2) is 6.71 Å². The molecule has 5 aliphatic rings. The van der Waals surface area contributed by atoms with Crippen LogP contribution in [0.2, 0.25) is 0 Å². The summed E-state index contributed by atoms with van der Waals surface area (Å²) >= 11 is 0. The van der Waals surface area contributed by atoms with Gasteiger partial charge in [-0.1, -0.05) is 141 Å². The zero-order valence-corrected chi connectivity index (χ0v) is 32.7. The third kappa shape index (κ3) is 4.88. The fraction of sp³-hybridized carbons (Fsp3) is 0.111. The highest BCUT2D eigenvalue weighted by atomic mass is 16.3. The van der Waals surface area contributed by atoms with Crippen LogP contribution in [0.5, 0.6) is 0 Å². The smallest absolute Gasteiger partial charge is 0.252 e. The van der Waals surface area contributed by atoms with Crippen molar-refractivity contribution in [1.29, 1.82) is 0 Å². The Balaban J connectivity index is 0.927. The molecule has 7 aromatic rings. The highest BCUT2D eigenvalue weighted by molar-refractivity contribution is 7.00. The third-order valence-electron chi connectivity index (χ3n) is 13.4. The maximum absolute atomic E-state index is 6.29. The van der Waals surface area contributed by atoms with Crippen LogP contribution < -0.4 is 26.2 Å². The van der Waals surface area contributed by atoms with E-state index in [-0.39, 0.29) is 17.5 Å². The molecule has 0 fully saturated rings. The molecule has 0 radical (unpaired) electrons. The average Bonchev–Trinajstić information content (AvgIpc) is 3.62. The largest absolute Gasteiger partial charge is 0.456 e. The first-order valence-corrected chi connectivity index (χ1v) is 20.6. The third-order valence-corrected chi connectivity index (χ3v) is 13.4. The molecule has 0 bridgehead atoms. The van der Waals surface area contributed by atoms with Gasteiger partial charge in [-0.3, -0.25) is 0 Å². The Bertz CT molecular complexity index is 3000. The Kier molecular flexibility index (Phi) is 7.11. The van der Waals surface area contributed by atoms with E-state index in [0.29, 0.717) is 0 Å². The van der Waals surface area contributed by atoms with Crippen LogP contribution in [-0.2, 0) is 6.42 Å². The maximum atomic E-state index is 6.29. The summed E-state index contributed by atoms with van der Waals surface area (Å²) in [6.45, 7) is 4.89. The van der Waals surface area contributed by atoms with Crippen molar-refractivity contribution in [3.8, 4) is 0 Å². The van der Waals surface area contributed by atoms with Crippen molar-refractivity contribution in [2.75, 3.05) is 9.80 Å². The first kappa shape index (κ1) is 33.4. The van der Waals surface area contributed by atoms with Gasteiger partial charge in [0.2, 0.25) is 0 Å². The van der Waals surface area contributed by atoms with Crippen molar-refractivity contribution in [2.24, 2.45) is 10.8 Å². The van der Waals surface area contributed by atoms with E-state index in [1.165, 1.54) is 78.1 Å². The molecule has 0 saturated carbocycles. The fourth-order valence-electron chi connectivity index (χ4n) is 10.4. The predicted molar refractivity (Wildman–Crippen MR) is 244 cm³/mol. The molecule has 6 aromatic carbocycles. The van der Waals surface area contributed by atoms with Crippen LogP contribution >= 0.6 is 0 Å². The highest BCUT2D eigenvalue weighted by Crippen LogP contribution is 2.51. The second kappa shape index (κ2) is 12.4. The second-order valence-corrected chi connectivity index (χ2v) is 17.0. The van der Waals surface area contributed by atoms with Gasteiger partial charge in [-0.05, 0) is 112 Å². The highest BCUT2D eigenvalue weighted by Gasteiger charge is 2.43. The number of hydrogen-bond donors (Lipinski definition) is 0. The Morgan fingerprint density at radius 2 is 1.24 bits per heavy atom. The molecule has 276 valence electrons. The Morgan fingerprint density at radius 1 is 0.586 bits per heavy atom. The molecule has 0 spiro atoms. The molecular weight excluding hydrogens is 703 g/mol. The van der Waals surface area contributed by atoms with E-state index in [1.807, 2.05) is 0 Å². The molecule has 2 unspecified atom stereocenters. The quantitative estimate of drug-likeness (QED) is 0.167. The maximum Gasteiger partial charge on any atom is 0.252 e. The summed E-state index contributed by atoms with van der Waals surface area (Å²) in [5.41, 5.74) is 18.6. The van der Waals surface area contributed by atoms with Crippen LogP contribution in [0.25, 0.3) is 22.6 Å². The summed E-state index contributed by atoms with van der Waals surface area (Å²) in [6.07, 6.45) is 18.6. The van der Waals surface area contributed by atoms with Gasteiger partial charge in [-0.25, -0.2) is 0 Å². The van der Waals surface area contributed by atoms with Crippen molar-refractivity contribution in [3.05, 3.63) is 210 Å². The molecule has 0 N–H and O–H groups in total. The minimum absolute atomic E-state index is 0.0873. The minimum atomic E-state index is -0.108. The first-order chi connectivity index (χ1) is 28.5. The summed E-state index contributed by atoms with van der Waals surface area (Å²) < 4.78 is 6.29. The van der Waals surface area contributed by atoms with Gasteiger partial charge in [0.05, 0.1) is 0 Å². The molecule has 3 aliphatic carbocycles. The van der Waals surface area contributed by atoms with E-state index in [2.05, 4.69) is 212 Å². The van der Waals surface area contributed by atoms with Gasteiger partial charge in [-0.2, -0.15) is 0 Å². The van der Waals surface area contributed by atoms with Gasteiger partial charge in [0.15, 0.2) is 0 Å². The number of rotatable bonds is 4. The second-order valence-electron chi connectivity index (χ2n) is 17.0. The topological polar surface area (TPSA) is 19.6 Å². The average molecular weight is 745 g/mol. The summed E-state index contributed by atoms with van der Waals surface area (Å²) in [6, 6.07) is 53.1. The number of allylic oxidation sites excluding steroid dienone is 9. The first-order valence-electron chi connectivity index (χ1n) is 20.6. The van der Waals surface area contributed by atoms with Gasteiger partial charge in [-0.15, -0.1) is 0 Å². The minimum Gasteiger partial charge on any atom is -0.456 e. The van der Waals surface area contributed by atoms with Gasteiger partial charge < -0.3 is 14.2 Å². The zero-order chi connectivity index (χ0) is 38.6. The fourth-order valence-corrected chi connectivity index (χ4v) is 10.4. The molecule has 4 heteroatoms. The number of hydrogen-bond acceptors (Lipinski definition) is 3. The lowest BCUT2D eigenvalue weighted by molar-refractivity contribution is 0.466. The van der Waals surface area contributed by atoms with Crippen LogP contribution in [0.1, 0.15) is 37.2 Å². The molecule has 58 heavy (non-hydrogen) atoms. The SMILES string of the molecule is CC1(C2=CC3(C)Cc4c(oc5ccccc45)C=C3C=C2)C=CC(c2ccc3c(c2)N(c2ccccc2)c2cccc4c2B3c2ccccc2N4c2ccccc2)=CC1. The van der Waals surface area contributed by atoms with E-state index in [9.17, 15) is 0 Å². The normalized spacial score (nSPS) is 21.0. The van der Waals surface area contributed by atoms with Gasteiger partial charge in [0.1, 0.15) is 11.3 Å². The summed E-state index contributed by atoms with van der Waals surface area (Å²) in [4.78, 5) is 4.94. The van der Waals surface area contributed by atoms with Crippen LogP contribution in [0.15, 0.2) is 198 Å². The van der Waals surface area contributed by atoms with E-state index in [0.717, 1.165) is 29.9 Å². The van der Waals surface area contributed by atoms with E-state index in [4.69, 9.17) is 4.42 Å². The molecule has 3 heterocycles. The molecule has 2 aliphatic heterocycles. The molecule has 0 saturated heterocycles. The summed E-state index contributed by atoms with van der Waals surface area (Å²) in [5.74, 6) is 1.01. The lowest BCUT2D eigenvalue weighted by atomic mass is 9.33. The number of furan rings is 1. The number of nitrogens with zero attached hydrogens (tertiary/aromatic N) is 2. The standard InChI is InChI=1S/C54H41BN2O/c1-53(39-26-25-38-33-51-43(35-54(38,2)34-39)42-18-9-12-23-50(42)58-51)30-28-36(29-31-53)37-24-27-45-49(32-37)57(41-16-7-4-8-17-41)48-22-13-21-47-52(48)55(45)44-19-10-11-20-46(44)56(47)40-14-5-3-6-15-40/h3-30,32-34H,31,35H2,1-2H3. The monoisotopic (exact) mass is 744 g/mol. The van der Waals surface area contributed by atoms with Gasteiger partial charge >= 0.3 is 0 Å². The van der Waals surface area contributed by atoms with Crippen molar-refractivity contribution < 1.29 is 4.42 Å². The van der Waals surface area contributed by atoms with E-state index in [1.54, 1.807) is 0 Å². The Morgan fingerprint density at radius 3 is 2.00 bits per heavy atom. The summed E-state index contributed by atoms with van der Waals surface area (Å²) in [5, 5.41) is 1.23. The predicted octanol–water partition coefficient (Wildman–Crippen LogP) is 12.0. The lowest BCUT2D eigenvalue weighted by Gasteiger charge is -2.44. The number of benzene rings is 6. The number of anilines is 6. The van der Waals surface area contributed by atoms with Crippen LogP contribution in [0.3, 0.4) is 0 Å². The lowest BCUT2D eigenvalue weighted by Crippen LogP contribution is -2.61. The molecule has 1 aromatic heterocycles. The van der Waals surface area contributed by atoms with Gasteiger partial charge in [0, 0.05) is 55.9 Å². The summed E-state index contributed by atoms with van der Waals surface area (Å²) in [7, 11) is 0. The molecule has 3 nitrogen and oxygen atoms in total. The molecule has 12 rings (SSSR count). The van der Waals surface area contributed by atoms with Crippen LogP contribution in [0.4, 0.5) is 34.1 Å². The molecule has 2 atom stereocenters. The Hall–Kier alpha value is -6.78. The van der Waals surface area contributed by atoms with Crippen LogP contribution in [0, 0.1) is 10.8 Å². The number of para-hydroxylation sites is 4. The van der Waals surface area contributed by atoms with Gasteiger partial charge in [0.25, 0.3) is 6.71 Å². The van der Waals surface area contributed by atoms with Crippen molar-refractivity contribution in [2.45, 2.75) is 26.7 Å². The van der Waals surface area contributed by atoms with E-state index >= 15 is 0 Å². The van der Waals surface area contributed by atoms with E-state index < -0.39 is 0 Å². The van der Waals surface area contributed by atoms with Crippen molar-refractivity contribution in [3.63, 3.8) is 0 Å².